The zero-order valence-corrected chi connectivity index (χ0v) is 12.9. The smallest absolute Gasteiger partial charge is 0.207 e. The summed E-state index contributed by atoms with van der Waals surface area (Å²) in [5.41, 5.74) is 2.50. The van der Waals surface area contributed by atoms with E-state index >= 15 is 0 Å². The number of halogens is 1. The van der Waals surface area contributed by atoms with Gasteiger partial charge in [0.25, 0.3) is 0 Å². The quantitative estimate of drug-likeness (QED) is 0.777. The molecular formula is C13H18BrNO2S. The Morgan fingerprint density at radius 3 is 2.67 bits per heavy atom. The maximum atomic E-state index is 12.5. The van der Waals surface area contributed by atoms with Crippen LogP contribution in [0.1, 0.15) is 24.5 Å². The van der Waals surface area contributed by atoms with Crippen LogP contribution in [-0.4, -0.2) is 31.1 Å². The van der Waals surface area contributed by atoms with E-state index in [1.807, 2.05) is 19.1 Å². The van der Waals surface area contributed by atoms with Gasteiger partial charge >= 0.3 is 0 Å². The molecule has 5 heteroatoms. The summed E-state index contributed by atoms with van der Waals surface area (Å²) < 4.78 is 26.4. The summed E-state index contributed by atoms with van der Waals surface area (Å²) in [4.78, 5) is 0.436. The summed E-state index contributed by atoms with van der Waals surface area (Å²) in [5, 5.41) is 0.658. The van der Waals surface area contributed by atoms with Gasteiger partial charge in [-0.1, -0.05) is 28.9 Å². The first-order valence-electron chi connectivity index (χ1n) is 6.27. The molecular weight excluding hydrogens is 314 g/mol. The molecule has 0 N–H and O–H groups in total. The molecule has 0 aliphatic heterocycles. The predicted octanol–water partition coefficient (Wildman–Crippen LogP) is 2.58. The van der Waals surface area contributed by atoms with Crippen LogP contribution in [0.5, 0.6) is 0 Å². The number of alkyl halides is 1. The molecule has 1 aromatic carbocycles. The molecule has 0 unspecified atom stereocenters. The number of sulfonamides is 1. The van der Waals surface area contributed by atoms with Crippen molar-refractivity contribution in [3.63, 3.8) is 0 Å². The van der Waals surface area contributed by atoms with Crippen LogP contribution in [0.4, 0.5) is 0 Å². The Bertz CT molecular complexity index is 528. The van der Waals surface area contributed by atoms with E-state index in [1.54, 1.807) is 6.07 Å². The Morgan fingerprint density at radius 1 is 1.28 bits per heavy atom. The van der Waals surface area contributed by atoms with Crippen molar-refractivity contribution in [1.82, 2.24) is 4.31 Å². The third kappa shape index (κ3) is 2.63. The Morgan fingerprint density at radius 2 is 2.00 bits per heavy atom. The SMILES string of the molecule is CCN(CCBr)S(=O)(=O)c1ccc2c(c1)CCC2. The normalized spacial score (nSPS) is 15.1. The highest BCUT2D eigenvalue weighted by Gasteiger charge is 2.24. The molecule has 0 bridgehead atoms. The largest absolute Gasteiger partial charge is 0.243 e. The molecule has 0 saturated carbocycles. The van der Waals surface area contributed by atoms with Crippen LogP contribution in [0.25, 0.3) is 0 Å². The first kappa shape index (κ1) is 14.0. The van der Waals surface area contributed by atoms with Gasteiger partial charge in [0, 0.05) is 18.4 Å². The fourth-order valence-electron chi connectivity index (χ4n) is 2.40. The van der Waals surface area contributed by atoms with Crippen molar-refractivity contribution < 1.29 is 8.42 Å². The minimum Gasteiger partial charge on any atom is -0.207 e. The van der Waals surface area contributed by atoms with E-state index in [-0.39, 0.29) is 0 Å². The van der Waals surface area contributed by atoms with E-state index in [0.717, 1.165) is 19.3 Å². The fraction of sp³-hybridized carbons (Fsp3) is 0.538. The van der Waals surface area contributed by atoms with Gasteiger partial charge in [-0.15, -0.1) is 0 Å². The van der Waals surface area contributed by atoms with E-state index in [2.05, 4.69) is 15.9 Å². The van der Waals surface area contributed by atoms with Gasteiger partial charge in [0.1, 0.15) is 0 Å². The lowest BCUT2D eigenvalue weighted by Crippen LogP contribution is -2.32. The average molecular weight is 332 g/mol. The Balaban J connectivity index is 2.35. The molecule has 0 spiro atoms. The zero-order chi connectivity index (χ0) is 13.2. The van der Waals surface area contributed by atoms with Crippen LogP contribution < -0.4 is 0 Å². The van der Waals surface area contributed by atoms with Crippen LogP contribution in [0, 0.1) is 0 Å². The fourth-order valence-corrected chi connectivity index (χ4v) is 4.56. The Hall–Kier alpha value is -0.390. The molecule has 100 valence electrons. The molecule has 0 radical (unpaired) electrons. The van der Waals surface area contributed by atoms with Gasteiger partial charge in [-0.25, -0.2) is 8.42 Å². The Kier molecular flexibility index (Phi) is 4.45. The second kappa shape index (κ2) is 5.72. The van der Waals surface area contributed by atoms with Crippen molar-refractivity contribution >= 4 is 26.0 Å². The second-order valence-corrected chi connectivity index (χ2v) is 7.20. The molecule has 1 aromatic rings. The standard InChI is InChI=1S/C13H18BrNO2S/c1-2-15(9-8-14)18(16,17)13-7-6-11-4-3-5-12(11)10-13/h6-7,10H,2-5,8-9H2,1H3. The lowest BCUT2D eigenvalue weighted by molar-refractivity contribution is 0.448. The number of aryl methyl sites for hydroxylation is 2. The highest BCUT2D eigenvalue weighted by atomic mass is 79.9. The average Bonchev–Trinajstić information content (AvgIpc) is 2.82. The molecule has 1 aliphatic rings. The monoisotopic (exact) mass is 331 g/mol. The van der Waals surface area contributed by atoms with E-state index in [1.165, 1.54) is 15.4 Å². The summed E-state index contributed by atoms with van der Waals surface area (Å²) in [6.07, 6.45) is 3.22. The third-order valence-electron chi connectivity index (χ3n) is 3.39. The highest BCUT2D eigenvalue weighted by molar-refractivity contribution is 9.09. The first-order valence-corrected chi connectivity index (χ1v) is 8.83. The third-order valence-corrected chi connectivity index (χ3v) is 5.72. The van der Waals surface area contributed by atoms with Gasteiger partial charge in [0.15, 0.2) is 0 Å². The van der Waals surface area contributed by atoms with Gasteiger partial charge in [0.2, 0.25) is 10.0 Å². The summed E-state index contributed by atoms with van der Waals surface area (Å²) in [7, 11) is -3.33. The minimum absolute atomic E-state index is 0.436. The molecule has 0 heterocycles. The van der Waals surface area contributed by atoms with E-state index < -0.39 is 10.0 Å². The topological polar surface area (TPSA) is 37.4 Å². The lowest BCUT2D eigenvalue weighted by Gasteiger charge is -2.19. The van der Waals surface area contributed by atoms with Crippen molar-refractivity contribution in [2.24, 2.45) is 0 Å². The summed E-state index contributed by atoms with van der Waals surface area (Å²) in [6.45, 7) is 2.88. The summed E-state index contributed by atoms with van der Waals surface area (Å²) >= 11 is 3.30. The van der Waals surface area contributed by atoms with Crippen molar-refractivity contribution in [2.75, 3.05) is 18.4 Å². The molecule has 0 amide bonds. The minimum atomic E-state index is -3.33. The van der Waals surface area contributed by atoms with E-state index in [4.69, 9.17) is 0 Å². The Labute approximate surface area is 117 Å². The van der Waals surface area contributed by atoms with Crippen molar-refractivity contribution in [1.29, 1.82) is 0 Å². The van der Waals surface area contributed by atoms with Crippen molar-refractivity contribution in [3.8, 4) is 0 Å². The number of fused-ring (bicyclic) bond motifs is 1. The van der Waals surface area contributed by atoms with Crippen molar-refractivity contribution in [2.45, 2.75) is 31.1 Å². The molecule has 1 aliphatic carbocycles. The van der Waals surface area contributed by atoms with Crippen LogP contribution in [0.15, 0.2) is 23.1 Å². The molecule has 0 saturated heterocycles. The number of nitrogens with zero attached hydrogens (tertiary/aromatic N) is 1. The molecule has 0 fully saturated rings. The highest BCUT2D eigenvalue weighted by Crippen LogP contribution is 2.26. The lowest BCUT2D eigenvalue weighted by atomic mass is 10.1. The number of hydrogen-bond donors (Lipinski definition) is 0. The van der Waals surface area contributed by atoms with Crippen LogP contribution >= 0.6 is 15.9 Å². The predicted molar refractivity (Wildman–Crippen MR) is 76.7 cm³/mol. The van der Waals surface area contributed by atoms with Gasteiger partial charge in [-0.3, -0.25) is 0 Å². The maximum absolute atomic E-state index is 12.5. The summed E-state index contributed by atoms with van der Waals surface area (Å²) in [6, 6.07) is 5.57. The maximum Gasteiger partial charge on any atom is 0.243 e. The van der Waals surface area contributed by atoms with Gasteiger partial charge in [-0.05, 0) is 42.5 Å². The number of hydrogen-bond acceptors (Lipinski definition) is 2. The van der Waals surface area contributed by atoms with E-state index in [0.29, 0.717) is 23.3 Å². The van der Waals surface area contributed by atoms with Gasteiger partial charge in [-0.2, -0.15) is 4.31 Å². The van der Waals surface area contributed by atoms with Crippen LogP contribution in [0.2, 0.25) is 0 Å². The molecule has 2 rings (SSSR count). The zero-order valence-electron chi connectivity index (χ0n) is 10.5. The van der Waals surface area contributed by atoms with Crippen LogP contribution in [0.3, 0.4) is 0 Å². The molecule has 0 atom stereocenters. The molecule has 3 nitrogen and oxygen atoms in total. The second-order valence-electron chi connectivity index (χ2n) is 4.47. The first-order chi connectivity index (χ1) is 8.59. The summed E-state index contributed by atoms with van der Waals surface area (Å²) in [5.74, 6) is 0. The number of benzene rings is 1. The number of rotatable bonds is 5. The van der Waals surface area contributed by atoms with Crippen LogP contribution in [-0.2, 0) is 22.9 Å². The van der Waals surface area contributed by atoms with Gasteiger partial charge < -0.3 is 0 Å². The molecule has 18 heavy (non-hydrogen) atoms. The molecule has 0 aromatic heterocycles. The van der Waals surface area contributed by atoms with E-state index in [9.17, 15) is 8.42 Å². The van der Waals surface area contributed by atoms with Gasteiger partial charge in [0.05, 0.1) is 4.90 Å². The van der Waals surface area contributed by atoms with Crippen molar-refractivity contribution in [3.05, 3.63) is 29.3 Å².